The number of piperidine rings is 1. The largest absolute Gasteiger partial charge is 0.330 e. The third-order valence-electron chi connectivity index (χ3n) is 4.59. The van der Waals surface area contributed by atoms with E-state index in [2.05, 4.69) is 15.7 Å². The Morgan fingerprint density at radius 3 is 2.92 bits per heavy atom. The van der Waals surface area contributed by atoms with Gasteiger partial charge in [-0.25, -0.2) is 0 Å². The summed E-state index contributed by atoms with van der Waals surface area (Å²) < 4.78 is 1.69. The van der Waals surface area contributed by atoms with Gasteiger partial charge in [-0.3, -0.25) is 24.4 Å². The molecule has 1 aromatic heterocycles. The van der Waals surface area contributed by atoms with E-state index in [4.69, 9.17) is 5.73 Å². The highest BCUT2D eigenvalue weighted by Gasteiger charge is 2.31. The van der Waals surface area contributed by atoms with Crippen LogP contribution in [0.4, 0.5) is 5.69 Å². The molecule has 26 heavy (non-hydrogen) atoms. The van der Waals surface area contributed by atoms with Crippen molar-refractivity contribution in [3.05, 3.63) is 23.9 Å². The van der Waals surface area contributed by atoms with Crippen molar-refractivity contribution < 1.29 is 14.4 Å². The normalized spacial score (nSPS) is 17.4. The monoisotopic (exact) mass is 357 g/mol. The van der Waals surface area contributed by atoms with Gasteiger partial charge in [-0.1, -0.05) is 0 Å². The number of rotatable bonds is 6. The number of nitrogens with zero attached hydrogens (tertiary/aromatic N) is 2. The molecule has 1 fully saturated rings. The molecule has 1 aliphatic rings. The lowest BCUT2D eigenvalue weighted by atomic mass is 9.93. The summed E-state index contributed by atoms with van der Waals surface area (Å²) in [7, 11) is 1.80. The molecule has 0 bridgehead atoms. The van der Waals surface area contributed by atoms with Crippen molar-refractivity contribution in [3.8, 4) is 0 Å². The Morgan fingerprint density at radius 2 is 2.19 bits per heavy atom. The van der Waals surface area contributed by atoms with Crippen LogP contribution in [0.1, 0.15) is 43.7 Å². The van der Waals surface area contributed by atoms with Gasteiger partial charge in [0.25, 0.3) is 0 Å². The van der Waals surface area contributed by atoms with Gasteiger partial charge in [-0.15, -0.1) is 0 Å². The second-order valence-electron chi connectivity index (χ2n) is 6.54. The number of carbonyl (C=O) groups excluding carboxylic acids is 3. The first-order valence-electron chi connectivity index (χ1n) is 8.80. The van der Waals surface area contributed by atoms with Gasteiger partial charge >= 0.3 is 0 Å². The van der Waals surface area contributed by atoms with Gasteiger partial charge in [0.1, 0.15) is 0 Å². The third-order valence-corrected chi connectivity index (χ3v) is 4.59. The minimum atomic E-state index is -0.437. The molecular weight excluding hydrogens is 334 g/mol. The van der Waals surface area contributed by atoms with Crippen molar-refractivity contribution in [1.82, 2.24) is 15.1 Å². The minimum absolute atomic E-state index is 0.0506. The molecule has 2 aromatic rings. The average molecular weight is 357 g/mol. The molecular formula is C18H23N5O3. The summed E-state index contributed by atoms with van der Waals surface area (Å²) in [5.41, 5.74) is 7.61. The number of aromatic nitrogens is 2. The van der Waals surface area contributed by atoms with E-state index in [9.17, 15) is 14.4 Å². The van der Waals surface area contributed by atoms with E-state index < -0.39 is 5.92 Å². The smallest absolute Gasteiger partial charge is 0.235 e. The molecule has 3 amide bonds. The Bertz CT molecular complexity index is 858. The zero-order valence-electron chi connectivity index (χ0n) is 14.7. The summed E-state index contributed by atoms with van der Waals surface area (Å²) in [5.74, 6) is -1.04. The molecule has 3 rings (SSSR count). The quantitative estimate of drug-likeness (QED) is 0.529. The molecule has 1 aromatic carbocycles. The number of amides is 3. The summed E-state index contributed by atoms with van der Waals surface area (Å²) in [6.45, 7) is 0.581. The molecule has 2 heterocycles. The molecule has 0 spiro atoms. The fourth-order valence-corrected chi connectivity index (χ4v) is 3.23. The number of unbranched alkanes of at least 4 members (excludes halogenated alkanes) is 1. The van der Waals surface area contributed by atoms with Crippen molar-refractivity contribution in [2.24, 2.45) is 12.8 Å². The van der Waals surface area contributed by atoms with Gasteiger partial charge in [0.15, 0.2) is 0 Å². The van der Waals surface area contributed by atoms with Crippen LogP contribution in [0.5, 0.6) is 0 Å². The first-order valence-corrected chi connectivity index (χ1v) is 8.80. The lowest BCUT2D eigenvalue weighted by Gasteiger charge is -2.19. The van der Waals surface area contributed by atoms with E-state index in [-0.39, 0.29) is 17.7 Å². The van der Waals surface area contributed by atoms with Crippen LogP contribution in [0.15, 0.2) is 18.2 Å². The zero-order chi connectivity index (χ0) is 18.7. The second kappa shape index (κ2) is 7.65. The molecule has 0 saturated carbocycles. The van der Waals surface area contributed by atoms with E-state index >= 15 is 0 Å². The highest BCUT2D eigenvalue weighted by molar-refractivity contribution is 6.03. The summed E-state index contributed by atoms with van der Waals surface area (Å²) in [4.78, 5) is 35.5. The number of hydrogen-bond acceptors (Lipinski definition) is 5. The maximum Gasteiger partial charge on any atom is 0.235 e. The summed E-state index contributed by atoms with van der Waals surface area (Å²) in [6.07, 6.45) is 2.78. The van der Waals surface area contributed by atoms with E-state index in [1.54, 1.807) is 17.8 Å². The Balaban J connectivity index is 1.81. The lowest BCUT2D eigenvalue weighted by molar-refractivity contribution is -0.134. The number of benzene rings is 1. The van der Waals surface area contributed by atoms with Gasteiger partial charge in [0.2, 0.25) is 17.7 Å². The van der Waals surface area contributed by atoms with Gasteiger partial charge in [0, 0.05) is 31.0 Å². The Kier molecular flexibility index (Phi) is 5.32. The number of imide groups is 1. The SMILES string of the molecule is Cn1nc(C2CCC(=O)NC2=O)c2ccc(NC(=O)CCCCN)cc21. The maximum atomic E-state index is 12.1. The Labute approximate surface area is 151 Å². The zero-order valence-corrected chi connectivity index (χ0v) is 14.7. The lowest BCUT2D eigenvalue weighted by Crippen LogP contribution is -2.39. The summed E-state index contributed by atoms with van der Waals surface area (Å²) in [5, 5.41) is 10.6. The van der Waals surface area contributed by atoms with E-state index in [0.29, 0.717) is 37.2 Å². The molecule has 1 atom stereocenters. The van der Waals surface area contributed by atoms with Crippen molar-refractivity contribution in [2.75, 3.05) is 11.9 Å². The number of hydrogen-bond donors (Lipinski definition) is 3. The molecule has 8 heteroatoms. The number of nitrogens with two attached hydrogens (primary N) is 1. The molecule has 1 saturated heterocycles. The van der Waals surface area contributed by atoms with Gasteiger partial charge in [-0.2, -0.15) is 5.10 Å². The first kappa shape index (κ1) is 18.1. The Hall–Kier alpha value is -2.74. The molecule has 1 aliphatic heterocycles. The fraction of sp³-hybridized carbons (Fsp3) is 0.444. The number of aryl methyl sites for hydroxylation is 1. The summed E-state index contributed by atoms with van der Waals surface area (Å²) in [6, 6.07) is 5.51. The molecule has 0 aliphatic carbocycles. The number of nitrogens with one attached hydrogen (secondary N) is 2. The van der Waals surface area contributed by atoms with Crippen molar-refractivity contribution in [1.29, 1.82) is 0 Å². The fourth-order valence-electron chi connectivity index (χ4n) is 3.23. The molecule has 4 N–H and O–H groups in total. The van der Waals surface area contributed by atoms with Crippen LogP contribution in [0.2, 0.25) is 0 Å². The van der Waals surface area contributed by atoms with Crippen molar-refractivity contribution in [2.45, 2.75) is 38.0 Å². The molecule has 138 valence electrons. The second-order valence-corrected chi connectivity index (χ2v) is 6.54. The van der Waals surface area contributed by atoms with Crippen LogP contribution in [-0.2, 0) is 21.4 Å². The molecule has 8 nitrogen and oxygen atoms in total. The van der Waals surface area contributed by atoms with E-state index in [0.717, 1.165) is 23.7 Å². The van der Waals surface area contributed by atoms with Crippen molar-refractivity contribution in [3.63, 3.8) is 0 Å². The standard InChI is InChI=1S/C18H23N5O3/c1-23-14-10-11(20-15(24)4-2-3-9-19)5-6-12(14)17(22-23)13-7-8-16(25)21-18(13)26/h5-6,10,13H,2-4,7-9,19H2,1H3,(H,20,24)(H,21,25,26). The van der Waals surface area contributed by atoms with Crippen LogP contribution in [-0.4, -0.2) is 34.0 Å². The third kappa shape index (κ3) is 3.75. The van der Waals surface area contributed by atoms with Crippen LogP contribution in [0, 0.1) is 0 Å². The van der Waals surface area contributed by atoms with Crippen molar-refractivity contribution >= 4 is 34.3 Å². The first-order chi connectivity index (χ1) is 12.5. The molecule has 1 unspecified atom stereocenters. The predicted octanol–water partition coefficient (Wildman–Crippen LogP) is 1.16. The topological polar surface area (TPSA) is 119 Å². The molecule has 0 radical (unpaired) electrons. The van der Waals surface area contributed by atoms with Gasteiger partial charge < -0.3 is 11.1 Å². The predicted molar refractivity (Wildman–Crippen MR) is 97.4 cm³/mol. The Morgan fingerprint density at radius 1 is 1.38 bits per heavy atom. The van der Waals surface area contributed by atoms with Crippen LogP contribution >= 0.6 is 0 Å². The number of fused-ring (bicyclic) bond motifs is 1. The van der Waals surface area contributed by atoms with Crippen LogP contribution in [0.25, 0.3) is 10.9 Å². The van der Waals surface area contributed by atoms with Crippen LogP contribution < -0.4 is 16.4 Å². The average Bonchev–Trinajstić information content (AvgIpc) is 2.91. The number of carbonyl (C=O) groups is 3. The minimum Gasteiger partial charge on any atom is -0.330 e. The highest BCUT2D eigenvalue weighted by Crippen LogP contribution is 2.31. The van der Waals surface area contributed by atoms with E-state index in [1.165, 1.54) is 0 Å². The highest BCUT2D eigenvalue weighted by atomic mass is 16.2. The van der Waals surface area contributed by atoms with Crippen LogP contribution in [0.3, 0.4) is 0 Å². The van der Waals surface area contributed by atoms with Gasteiger partial charge in [-0.05, 0) is 44.0 Å². The summed E-state index contributed by atoms with van der Waals surface area (Å²) >= 11 is 0. The maximum absolute atomic E-state index is 12.1. The number of anilines is 1. The van der Waals surface area contributed by atoms with E-state index in [1.807, 2.05) is 12.1 Å². The van der Waals surface area contributed by atoms with Gasteiger partial charge in [0.05, 0.1) is 17.1 Å².